The van der Waals surface area contributed by atoms with Crippen molar-refractivity contribution in [2.75, 3.05) is 6.61 Å². The van der Waals surface area contributed by atoms with Gasteiger partial charge < -0.3 is 14.7 Å². The predicted octanol–water partition coefficient (Wildman–Crippen LogP) is 5.41. The van der Waals surface area contributed by atoms with E-state index in [2.05, 4.69) is 0 Å². The molecule has 1 heterocycles. The average molecular weight is 440 g/mol. The van der Waals surface area contributed by atoms with Crippen molar-refractivity contribution in [1.82, 2.24) is 4.90 Å². The van der Waals surface area contributed by atoms with Crippen LogP contribution in [0.2, 0.25) is 5.02 Å². The number of carbonyl (C=O) groups excluding carboxylic acids is 2. The fourth-order valence-electron chi connectivity index (χ4n) is 4.70. The number of Topliss-reactive ketones (excluding diaryl/α,β-unsaturated/α-hetero) is 1. The van der Waals surface area contributed by atoms with Gasteiger partial charge in [-0.2, -0.15) is 0 Å². The highest BCUT2D eigenvalue weighted by atomic mass is 35.5. The molecule has 5 nitrogen and oxygen atoms in total. The molecule has 1 saturated heterocycles. The molecule has 1 N–H and O–H groups in total. The van der Waals surface area contributed by atoms with Gasteiger partial charge in [-0.1, -0.05) is 48.7 Å². The van der Waals surface area contributed by atoms with Crippen molar-refractivity contribution in [3.8, 4) is 5.75 Å². The Bertz CT molecular complexity index is 1060. The molecule has 0 bridgehead atoms. The minimum absolute atomic E-state index is 0.0170. The second kappa shape index (κ2) is 8.75. The average Bonchev–Trinajstić information content (AvgIpc) is 3.37. The second-order valence-corrected chi connectivity index (χ2v) is 8.48. The van der Waals surface area contributed by atoms with Crippen LogP contribution in [0.4, 0.5) is 0 Å². The molecule has 1 amide bonds. The monoisotopic (exact) mass is 439 g/mol. The highest BCUT2D eigenvalue weighted by Crippen LogP contribution is 2.45. The van der Waals surface area contributed by atoms with Crippen LogP contribution in [0.1, 0.15) is 55.3 Å². The number of amides is 1. The van der Waals surface area contributed by atoms with E-state index in [1.54, 1.807) is 23.1 Å². The van der Waals surface area contributed by atoms with E-state index >= 15 is 0 Å². The minimum Gasteiger partial charge on any atom is -0.507 e. The summed E-state index contributed by atoms with van der Waals surface area (Å²) in [6.45, 7) is 4.27. The molecular weight excluding hydrogens is 414 g/mol. The third-order valence-electron chi connectivity index (χ3n) is 6.19. The van der Waals surface area contributed by atoms with Crippen LogP contribution in [0.3, 0.4) is 0 Å². The molecule has 1 atom stereocenters. The summed E-state index contributed by atoms with van der Waals surface area (Å²) in [7, 11) is 0. The second-order valence-electron chi connectivity index (χ2n) is 8.08. The van der Waals surface area contributed by atoms with Gasteiger partial charge in [0.1, 0.15) is 11.5 Å². The molecule has 0 spiro atoms. The molecule has 1 saturated carbocycles. The Labute approximate surface area is 187 Å². The first-order valence-electron chi connectivity index (χ1n) is 10.7. The van der Waals surface area contributed by atoms with E-state index in [1.165, 1.54) is 0 Å². The van der Waals surface area contributed by atoms with E-state index in [1.807, 2.05) is 38.1 Å². The van der Waals surface area contributed by atoms with Crippen LogP contribution in [-0.4, -0.2) is 34.3 Å². The molecule has 2 aromatic carbocycles. The molecule has 2 aromatic rings. The molecule has 1 aliphatic carbocycles. The van der Waals surface area contributed by atoms with Gasteiger partial charge in [0, 0.05) is 11.6 Å². The summed E-state index contributed by atoms with van der Waals surface area (Å²) in [5.74, 6) is -0.959. The molecule has 162 valence electrons. The normalized spacial score (nSPS) is 21.1. The summed E-state index contributed by atoms with van der Waals surface area (Å²) in [6.07, 6.45) is 3.76. The molecule has 1 unspecified atom stereocenters. The Morgan fingerprint density at radius 1 is 1.16 bits per heavy atom. The molecule has 0 radical (unpaired) electrons. The summed E-state index contributed by atoms with van der Waals surface area (Å²) >= 11 is 6.38. The van der Waals surface area contributed by atoms with E-state index in [0.717, 1.165) is 36.8 Å². The fraction of sp³-hybridized carbons (Fsp3) is 0.360. The molecule has 31 heavy (non-hydrogen) atoms. The van der Waals surface area contributed by atoms with Crippen LogP contribution in [-0.2, 0) is 9.59 Å². The van der Waals surface area contributed by atoms with Gasteiger partial charge in [-0.15, -0.1) is 0 Å². The van der Waals surface area contributed by atoms with E-state index in [0.29, 0.717) is 12.4 Å². The molecule has 0 aromatic heterocycles. The summed E-state index contributed by atoms with van der Waals surface area (Å²) in [6, 6.07) is 12.0. The maximum absolute atomic E-state index is 13.2. The number of ether oxygens (including phenoxy) is 1. The number of nitrogens with zero attached hydrogens (tertiary/aromatic N) is 1. The molecule has 2 aliphatic rings. The lowest BCUT2D eigenvalue weighted by atomic mass is 9.92. The lowest BCUT2D eigenvalue weighted by molar-refractivity contribution is -0.141. The van der Waals surface area contributed by atoms with Gasteiger partial charge in [0.25, 0.3) is 11.7 Å². The zero-order valence-electron chi connectivity index (χ0n) is 17.7. The summed E-state index contributed by atoms with van der Waals surface area (Å²) < 4.78 is 5.54. The van der Waals surface area contributed by atoms with Crippen molar-refractivity contribution in [2.24, 2.45) is 0 Å². The Morgan fingerprint density at radius 3 is 2.55 bits per heavy atom. The SMILES string of the molecule is CCOc1ccc(Cl)c(/C(O)=C2\C(=O)C(=O)N(C3CCCC3)C2c2ccccc2C)c1. The van der Waals surface area contributed by atoms with Gasteiger partial charge in [-0.05, 0) is 56.0 Å². The van der Waals surface area contributed by atoms with Gasteiger partial charge in [-0.3, -0.25) is 9.59 Å². The Balaban J connectivity index is 1.92. The van der Waals surface area contributed by atoms with Crippen LogP contribution < -0.4 is 4.74 Å². The minimum atomic E-state index is -0.671. The highest BCUT2D eigenvalue weighted by molar-refractivity contribution is 6.47. The number of ketones is 1. The van der Waals surface area contributed by atoms with Gasteiger partial charge in [-0.25, -0.2) is 0 Å². The lowest BCUT2D eigenvalue weighted by Crippen LogP contribution is -2.37. The van der Waals surface area contributed by atoms with Crippen LogP contribution in [0.25, 0.3) is 5.76 Å². The van der Waals surface area contributed by atoms with Gasteiger partial charge in [0.2, 0.25) is 0 Å². The van der Waals surface area contributed by atoms with Crippen LogP contribution in [0, 0.1) is 6.92 Å². The maximum Gasteiger partial charge on any atom is 0.295 e. The smallest absolute Gasteiger partial charge is 0.295 e. The van der Waals surface area contributed by atoms with E-state index in [4.69, 9.17) is 16.3 Å². The Kier molecular flexibility index (Phi) is 6.05. The molecule has 2 fully saturated rings. The van der Waals surface area contributed by atoms with Gasteiger partial charge >= 0.3 is 0 Å². The van der Waals surface area contributed by atoms with E-state index in [-0.39, 0.29) is 28.0 Å². The third kappa shape index (κ3) is 3.83. The third-order valence-corrected chi connectivity index (χ3v) is 6.51. The van der Waals surface area contributed by atoms with Crippen molar-refractivity contribution in [1.29, 1.82) is 0 Å². The van der Waals surface area contributed by atoms with Crippen LogP contribution in [0.15, 0.2) is 48.0 Å². The van der Waals surface area contributed by atoms with E-state index in [9.17, 15) is 14.7 Å². The van der Waals surface area contributed by atoms with Gasteiger partial charge in [0.15, 0.2) is 0 Å². The highest BCUT2D eigenvalue weighted by Gasteiger charge is 2.49. The van der Waals surface area contributed by atoms with Crippen molar-refractivity contribution < 1.29 is 19.4 Å². The zero-order valence-corrected chi connectivity index (χ0v) is 18.5. The molecule has 4 rings (SSSR count). The van der Waals surface area contributed by atoms with Crippen molar-refractivity contribution in [2.45, 2.75) is 51.6 Å². The molecular formula is C25H26ClNO4. The standard InChI is InChI=1S/C25H26ClNO4/c1-3-31-17-12-13-20(26)19(14-17)23(28)21-22(18-11-7-4-8-15(18)2)27(25(30)24(21)29)16-9-5-6-10-16/h4,7-8,11-14,16,22,28H,3,5-6,9-10H2,1-2H3/b23-21+. The lowest BCUT2D eigenvalue weighted by Gasteiger charge is -2.31. The number of carbonyl (C=O) groups is 2. The summed E-state index contributed by atoms with van der Waals surface area (Å²) in [4.78, 5) is 28.1. The predicted molar refractivity (Wildman–Crippen MR) is 120 cm³/mol. The number of rotatable bonds is 5. The number of halogens is 1. The first-order valence-corrected chi connectivity index (χ1v) is 11.1. The number of likely N-dealkylation sites (tertiary alicyclic amines) is 1. The number of hydrogen-bond acceptors (Lipinski definition) is 4. The first-order chi connectivity index (χ1) is 14.9. The Hall–Kier alpha value is -2.79. The topological polar surface area (TPSA) is 66.8 Å². The van der Waals surface area contributed by atoms with Crippen molar-refractivity contribution >= 4 is 29.1 Å². The van der Waals surface area contributed by atoms with Crippen LogP contribution in [0.5, 0.6) is 5.75 Å². The zero-order chi connectivity index (χ0) is 22.1. The molecule has 1 aliphatic heterocycles. The maximum atomic E-state index is 13.2. The summed E-state index contributed by atoms with van der Waals surface area (Å²) in [5.41, 5.74) is 2.17. The van der Waals surface area contributed by atoms with Crippen LogP contribution >= 0.6 is 11.6 Å². The quantitative estimate of drug-likeness (QED) is 0.384. The number of aryl methyl sites for hydroxylation is 1. The fourth-order valence-corrected chi connectivity index (χ4v) is 4.90. The van der Waals surface area contributed by atoms with Crippen molar-refractivity contribution in [3.63, 3.8) is 0 Å². The number of hydrogen-bond donors (Lipinski definition) is 1. The number of aliphatic hydroxyl groups excluding tert-OH is 1. The number of benzene rings is 2. The van der Waals surface area contributed by atoms with E-state index < -0.39 is 17.7 Å². The van der Waals surface area contributed by atoms with Crippen molar-refractivity contribution in [3.05, 3.63) is 69.8 Å². The largest absolute Gasteiger partial charge is 0.507 e. The summed E-state index contributed by atoms with van der Waals surface area (Å²) in [5, 5.41) is 11.6. The van der Waals surface area contributed by atoms with Gasteiger partial charge in [0.05, 0.1) is 23.2 Å². The molecule has 6 heteroatoms. The Morgan fingerprint density at radius 2 is 1.87 bits per heavy atom. The first kappa shape index (κ1) is 21.4. The number of aliphatic hydroxyl groups is 1.